The molecule has 1 N–H and O–H groups in total. The number of hydrogen-bond donors (Lipinski definition) is 1. The molecule has 2 aromatic heterocycles. The Morgan fingerprint density at radius 1 is 0.911 bits per heavy atom. The number of hydrogen-bond acceptors (Lipinski definition) is 7. The molecule has 0 bridgehead atoms. The van der Waals surface area contributed by atoms with Crippen LogP contribution in [0, 0.1) is 6.92 Å². The van der Waals surface area contributed by atoms with Crippen molar-refractivity contribution in [3.8, 4) is 16.9 Å². The first-order valence-electron chi connectivity index (χ1n) is 15.0. The molecule has 1 atom stereocenters. The van der Waals surface area contributed by atoms with Crippen LogP contribution in [-0.4, -0.2) is 57.2 Å². The number of rotatable bonds is 5. The number of nitrogens with zero attached hydrogens (tertiary/aromatic N) is 5. The third-order valence-corrected chi connectivity index (χ3v) is 8.65. The molecular weight excluding hydrogens is 568 g/mol. The molecule has 1 fully saturated rings. The molecule has 0 aliphatic carbocycles. The van der Waals surface area contributed by atoms with Crippen molar-refractivity contribution in [2.75, 3.05) is 32.5 Å². The molecule has 232 valence electrons. The van der Waals surface area contributed by atoms with E-state index in [1.54, 1.807) is 18.1 Å². The van der Waals surface area contributed by atoms with E-state index >= 15 is 0 Å². The number of carbonyl (C=O) groups is 1. The summed E-state index contributed by atoms with van der Waals surface area (Å²) in [6.07, 6.45) is 1.68. The highest BCUT2D eigenvalue weighted by atomic mass is 16.5. The van der Waals surface area contributed by atoms with E-state index in [9.17, 15) is 14.4 Å². The molecule has 0 radical (unpaired) electrons. The number of carbonyl (C=O) groups excluding carboxylic acids is 1. The van der Waals surface area contributed by atoms with Gasteiger partial charge in [0.25, 0.3) is 11.1 Å². The first-order valence-corrected chi connectivity index (χ1v) is 15.0. The number of aryl methyl sites for hydroxylation is 1. The predicted molar refractivity (Wildman–Crippen MR) is 176 cm³/mol. The highest BCUT2D eigenvalue weighted by Gasteiger charge is 2.32. The minimum Gasteiger partial charge on any atom is -0.371 e. The second-order valence-electron chi connectivity index (χ2n) is 12.9. The van der Waals surface area contributed by atoms with Gasteiger partial charge in [-0.25, -0.2) is 4.98 Å². The van der Waals surface area contributed by atoms with Crippen LogP contribution in [0.5, 0.6) is 0 Å². The average Bonchev–Trinajstić information content (AvgIpc) is 3.33. The summed E-state index contributed by atoms with van der Waals surface area (Å²) < 4.78 is 8.91. The summed E-state index contributed by atoms with van der Waals surface area (Å²) in [6, 6.07) is 18.5. The molecule has 5 aromatic rings. The predicted octanol–water partition coefficient (Wildman–Crippen LogP) is 5.14. The lowest BCUT2D eigenvalue weighted by Crippen LogP contribution is -2.48. The van der Waals surface area contributed by atoms with E-state index in [0.29, 0.717) is 34.6 Å². The van der Waals surface area contributed by atoms with Gasteiger partial charge >= 0.3 is 0 Å². The Kier molecular flexibility index (Phi) is 7.48. The van der Waals surface area contributed by atoms with Crippen LogP contribution in [0.15, 0.2) is 81.0 Å². The van der Waals surface area contributed by atoms with Crippen molar-refractivity contribution in [2.45, 2.75) is 39.2 Å². The minimum absolute atomic E-state index is 0.0601. The van der Waals surface area contributed by atoms with Crippen molar-refractivity contribution in [1.82, 2.24) is 24.1 Å². The Morgan fingerprint density at radius 3 is 2.36 bits per heavy atom. The largest absolute Gasteiger partial charge is 0.371 e. The van der Waals surface area contributed by atoms with E-state index in [-0.39, 0.29) is 34.3 Å². The van der Waals surface area contributed by atoms with Gasteiger partial charge < -0.3 is 19.3 Å². The molecule has 1 unspecified atom stereocenters. The van der Waals surface area contributed by atoms with Crippen molar-refractivity contribution in [3.63, 3.8) is 0 Å². The van der Waals surface area contributed by atoms with Crippen molar-refractivity contribution in [2.24, 2.45) is 7.05 Å². The van der Waals surface area contributed by atoms with Crippen LogP contribution in [0.25, 0.3) is 27.9 Å². The number of anilines is 2. The van der Waals surface area contributed by atoms with Gasteiger partial charge in [-0.3, -0.25) is 19.3 Å². The third-order valence-electron chi connectivity index (χ3n) is 8.65. The average molecular weight is 607 g/mol. The van der Waals surface area contributed by atoms with Crippen molar-refractivity contribution >= 4 is 28.4 Å². The maximum Gasteiger partial charge on any atom is 0.295 e. The lowest BCUT2D eigenvalue weighted by atomic mass is 9.87. The fraction of sp³-hybridized carbons (Fsp3) is 0.314. The summed E-state index contributed by atoms with van der Waals surface area (Å²) in [4.78, 5) is 47.8. The maximum absolute atomic E-state index is 13.4. The van der Waals surface area contributed by atoms with Gasteiger partial charge in [-0.2, -0.15) is 0 Å². The van der Waals surface area contributed by atoms with Gasteiger partial charge in [0.2, 0.25) is 5.91 Å². The van der Waals surface area contributed by atoms with Gasteiger partial charge in [-0.15, -0.1) is 4.74 Å². The normalized spacial score (nSPS) is 16.0. The summed E-state index contributed by atoms with van der Waals surface area (Å²) >= 11 is 0. The lowest BCUT2D eigenvalue weighted by Gasteiger charge is -2.37. The van der Waals surface area contributed by atoms with Gasteiger partial charge in [0.1, 0.15) is 6.04 Å². The van der Waals surface area contributed by atoms with E-state index in [2.05, 4.69) is 26.1 Å². The lowest BCUT2D eigenvalue weighted by molar-refractivity contribution is -0.139. The summed E-state index contributed by atoms with van der Waals surface area (Å²) in [5, 5.41) is 3.68. The van der Waals surface area contributed by atoms with Crippen LogP contribution < -0.4 is 16.4 Å². The molecule has 1 aliphatic rings. The highest BCUT2D eigenvalue weighted by Crippen LogP contribution is 2.30. The second-order valence-corrected chi connectivity index (χ2v) is 12.9. The Balaban J connectivity index is 1.33. The van der Waals surface area contributed by atoms with Gasteiger partial charge in [0.15, 0.2) is 11.4 Å². The van der Waals surface area contributed by atoms with Crippen molar-refractivity contribution < 1.29 is 9.32 Å². The number of aromatic nitrogens is 3. The minimum atomic E-state index is -0.345. The van der Waals surface area contributed by atoms with Crippen LogP contribution in [0.1, 0.15) is 43.5 Å². The first kappa shape index (κ1) is 30.1. The van der Waals surface area contributed by atoms with Crippen molar-refractivity contribution in [1.29, 1.82) is 0 Å². The molecule has 45 heavy (non-hydrogen) atoms. The highest BCUT2D eigenvalue weighted by molar-refractivity contribution is 5.84. The number of likely N-dealkylation sites (N-methyl/N-ethyl adjacent to an activating group) is 2. The monoisotopic (exact) mass is 606 g/mol. The summed E-state index contributed by atoms with van der Waals surface area (Å²) in [7, 11) is 5.45. The zero-order chi connectivity index (χ0) is 32.2. The van der Waals surface area contributed by atoms with Gasteiger partial charge in [-0.1, -0.05) is 51.1 Å². The Morgan fingerprint density at radius 2 is 1.64 bits per heavy atom. The van der Waals surface area contributed by atoms with Crippen LogP contribution in [0.2, 0.25) is 0 Å². The summed E-state index contributed by atoms with van der Waals surface area (Å²) in [5.74, 6) is 0.221. The van der Waals surface area contributed by atoms with Crippen LogP contribution >= 0.6 is 0 Å². The van der Waals surface area contributed by atoms with E-state index in [1.807, 2.05) is 86.6 Å². The molecule has 3 aromatic carbocycles. The SMILES string of the molecule is Cc1c(-c2cn(C)c(=O)c(Nc3ccc(C4C(=O)N(C)CCN4C)cc3)n2)cccc1-n1oc2cc(C(C)(C)C)ccc2c1=O. The summed E-state index contributed by atoms with van der Waals surface area (Å²) in [6.45, 7) is 9.76. The van der Waals surface area contributed by atoms with Crippen LogP contribution in [-0.2, 0) is 17.3 Å². The fourth-order valence-corrected chi connectivity index (χ4v) is 5.81. The zero-order valence-corrected chi connectivity index (χ0v) is 26.7. The first-order chi connectivity index (χ1) is 21.3. The second kappa shape index (κ2) is 11.2. The molecule has 10 heteroatoms. The quantitative estimate of drug-likeness (QED) is 0.295. The maximum atomic E-state index is 13.4. The molecular formula is C35H38N6O4. The molecule has 10 nitrogen and oxygen atoms in total. The number of fused-ring (bicyclic) bond motifs is 1. The molecule has 3 heterocycles. The molecule has 1 saturated heterocycles. The van der Waals surface area contributed by atoms with Crippen molar-refractivity contribution in [3.05, 3.63) is 104 Å². The fourth-order valence-electron chi connectivity index (χ4n) is 5.81. The number of piperazine rings is 1. The Hall–Kier alpha value is -4.96. The topological polar surface area (TPSA) is 106 Å². The zero-order valence-electron chi connectivity index (χ0n) is 26.7. The van der Waals surface area contributed by atoms with Gasteiger partial charge in [0.05, 0.1) is 16.8 Å². The number of nitrogens with one attached hydrogen (secondary N) is 1. The van der Waals surface area contributed by atoms with E-state index in [1.165, 1.54) is 9.31 Å². The summed E-state index contributed by atoms with van der Waals surface area (Å²) in [5.41, 5.74) is 5.25. The van der Waals surface area contributed by atoms with Crippen LogP contribution in [0.4, 0.5) is 11.5 Å². The molecule has 1 aliphatic heterocycles. The Bertz CT molecular complexity index is 2050. The van der Waals surface area contributed by atoms with E-state index < -0.39 is 0 Å². The Labute approximate surface area is 261 Å². The van der Waals surface area contributed by atoms with Gasteiger partial charge in [-0.05, 0) is 66.4 Å². The van der Waals surface area contributed by atoms with Gasteiger partial charge in [0, 0.05) is 44.6 Å². The molecule has 0 spiro atoms. The standard InChI is InChI=1S/C35H38N6O4/c1-21-25(9-8-10-28(21)41-32(42)26-16-13-23(35(2,3)4)19-29(26)45-41)27-20-40(7)34(44)31(37-27)36-24-14-11-22(12-15-24)30-33(43)39(6)18-17-38(30)5/h8-16,19-20,30H,17-18H2,1-7H3,(H,36,37). The van der Waals surface area contributed by atoms with Crippen LogP contribution in [0.3, 0.4) is 0 Å². The van der Waals surface area contributed by atoms with E-state index in [4.69, 9.17) is 9.51 Å². The number of amides is 1. The smallest absolute Gasteiger partial charge is 0.295 e. The molecule has 0 saturated carbocycles. The van der Waals surface area contributed by atoms with E-state index in [0.717, 1.165) is 28.8 Å². The molecule has 6 rings (SSSR count). The number of benzene rings is 3. The third kappa shape index (κ3) is 5.46. The molecule has 1 amide bonds.